The van der Waals surface area contributed by atoms with Crippen LogP contribution in [0, 0.1) is 0 Å². The van der Waals surface area contributed by atoms with E-state index < -0.39 is 17.7 Å². The minimum absolute atomic E-state index is 0.327. The molecule has 2 heterocycles. The summed E-state index contributed by atoms with van der Waals surface area (Å²) in [7, 11) is 1.83. The smallest absolute Gasteiger partial charge is 0.268 e. The molecule has 6 nitrogen and oxygen atoms in total. The minimum atomic E-state index is -0.531. The number of amides is 3. The summed E-state index contributed by atoms with van der Waals surface area (Å²) >= 11 is 1.39. The Balaban J connectivity index is 1.64. The molecular formula is C18H13N3O3S. The van der Waals surface area contributed by atoms with Gasteiger partial charge in [-0.15, -0.1) is 0 Å². The molecule has 2 aromatic carbocycles. The number of hydrogen-bond acceptors (Lipinski definition) is 4. The molecule has 7 heteroatoms. The number of hydrogen-bond donors (Lipinski definition) is 0. The molecule has 1 aliphatic heterocycles. The largest absolute Gasteiger partial charge is 0.319 e. The Morgan fingerprint density at radius 3 is 2.24 bits per heavy atom. The van der Waals surface area contributed by atoms with Crippen molar-refractivity contribution in [3.8, 4) is 0 Å². The van der Waals surface area contributed by atoms with Gasteiger partial charge >= 0.3 is 0 Å². The van der Waals surface area contributed by atoms with Crippen LogP contribution in [0.5, 0.6) is 0 Å². The lowest BCUT2D eigenvalue weighted by Crippen LogP contribution is -2.35. The SMILES string of the molecule is Cn1c(=NC(=O)CN2C(=O)c3ccccc3C2=O)sc2ccccc21. The molecule has 1 aromatic heterocycles. The number of carbonyl (C=O) groups excluding carboxylic acids is 3. The van der Waals surface area contributed by atoms with Crippen molar-refractivity contribution in [3.63, 3.8) is 0 Å². The predicted octanol–water partition coefficient (Wildman–Crippen LogP) is 1.96. The number of aryl methyl sites for hydroxylation is 1. The van der Waals surface area contributed by atoms with Crippen molar-refractivity contribution >= 4 is 39.3 Å². The quantitative estimate of drug-likeness (QED) is 0.663. The number of rotatable bonds is 2. The van der Waals surface area contributed by atoms with Crippen LogP contribution in [0.4, 0.5) is 0 Å². The molecule has 0 radical (unpaired) electrons. The Kier molecular flexibility index (Phi) is 3.58. The van der Waals surface area contributed by atoms with Crippen LogP contribution in [0.2, 0.25) is 0 Å². The first kappa shape index (κ1) is 15.5. The van der Waals surface area contributed by atoms with E-state index in [1.807, 2.05) is 35.9 Å². The molecule has 25 heavy (non-hydrogen) atoms. The molecule has 0 fully saturated rings. The van der Waals surface area contributed by atoms with E-state index in [1.54, 1.807) is 24.3 Å². The average molecular weight is 351 g/mol. The molecule has 124 valence electrons. The summed E-state index contributed by atoms with van der Waals surface area (Å²) < 4.78 is 2.83. The molecule has 0 saturated heterocycles. The van der Waals surface area contributed by atoms with E-state index in [0.717, 1.165) is 15.1 Å². The molecule has 4 rings (SSSR count). The van der Waals surface area contributed by atoms with Crippen molar-refractivity contribution in [1.82, 2.24) is 9.47 Å². The van der Waals surface area contributed by atoms with Gasteiger partial charge in [0.2, 0.25) is 0 Å². The Bertz CT molecular complexity index is 1070. The molecule has 0 spiro atoms. The maximum Gasteiger partial charge on any atom is 0.268 e. The van der Waals surface area contributed by atoms with Crippen LogP contribution in [0.3, 0.4) is 0 Å². The summed E-state index contributed by atoms with van der Waals surface area (Å²) in [5.41, 5.74) is 1.63. The molecule has 3 aromatic rings. The number of thiazole rings is 1. The van der Waals surface area contributed by atoms with Crippen molar-refractivity contribution in [3.05, 3.63) is 64.5 Å². The fraction of sp³-hybridized carbons (Fsp3) is 0.111. The zero-order valence-corrected chi connectivity index (χ0v) is 14.1. The third-order valence-corrected chi connectivity index (χ3v) is 5.22. The van der Waals surface area contributed by atoms with Gasteiger partial charge in [-0.2, -0.15) is 4.99 Å². The lowest BCUT2D eigenvalue weighted by atomic mass is 10.1. The fourth-order valence-electron chi connectivity index (χ4n) is 2.85. The molecule has 0 atom stereocenters. The van der Waals surface area contributed by atoms with Crippen molar-refractivity contribution in [2.45, 2.75) is 0 Å². The number of nitrogens with zero attached hydrogens (tertiary/aromatic N) is 3. The molecule has 0 N–H and O–H groups in total. The Hall–Kier alpha value is -3.06. The van der Waals surface area contributed by atoms with Crippen LogP contribution in [-0.4, -0.2) is 33.7 Å². The third-order valence-electron chi connectivity index (χ3n) is 4.11. The third kappa shape index (κ3) is 2.49. The van der Waals surface area contributed by atoms with Crippen LogP contribution in [0.1, 0.15) is 20.7 Å². The number of para-hydroxylation sites is 1. The van der Waals surface area contributed by atoms with Crippen LogP contribution in [0.25, 0.3) is 10.2 Å². The van der Waals surface area contributed by atoms with E-state index in [9.17, 15) is 14.4 Å². The molecular weight excluding hydrogens is 338 g/mol. The van der Waals surface area contributed by atoms with Gasteiger partial charge in [-0.3, -0.25) is 19.3 Å². The van der Waals surface area contributed by atoms with Crippen LogP contribution in [0.15, 0.2) is 53.5 Å². The number of benzene rings is 2. The minimum Gasteiger partial charge on any atom is -0.319 e. The molecule has 0 saturated carbocycles. The van der Waals surface area contributed by atoms with E-state index in [2.05, 4.69) is 4.99 Å². The van der Waals surface area contributed by atoms with Gasteiger partial charge < -0.3 is 4.57 Å². The highest BCUT2D eigenvalue weighted by molar-refractivity contribution is 7.16. The second-order valence-corrected chi connectivity index (χ2v) is 6.67. The van der Waals surface area contributed by atoms with Gasteiger partial charge in [0, 0.05) is 7.05 Å². The maximum atomic E-state index is 12.3. The summed E-state index contributed by atoms with van der Waals surface area (Å²) in [5.74, 6) is -1.44. The zero-order chi connectivity index (χ0) is 17.6. The normalized spacial score (nSPS) is 14.4. The van der Waals surface area contributed by atoms with E-state index >= 15 is 0 Å². The van der Waals surface area contributed by atoms with Crippen LogP contribution < -0.4 is 4.80 Å². The molecule has 0 unspecified atom stereocenters. The topological polar surface area (TPSA) is 71.7 Å². The summed E-state index contributed by atoms with van der Waals surface area (Å²) in [6.45, 7) is -0.361. The predicted molar refractivity (Wildman–Crippen MR) is 93.2 cm³/mol. The first-order chi connectivity index (χ1) is 12.1. The van der Waals surface area contributed by atoms with Gasteiger partial charge in [0.1, 0.15) is 6.54 Å². The Morgan fingerprint density at radius 2 is 1.60 bits per heavy atom. The molecule has 0 aliphatic carbocycles. The van der Waals surface area contributed by atoms with E-state index in [4.69, 9.17) is 0 Å². The molecule has 0 bridgehead atoms. The first-order valence-electron chi connectivity index (χ1n) is 7.63. The summed E-state index contributed by atoms with van der Waals surface area (Å²) in [6.07, 6.45) is 0. The highest BCUT2D eigenvalue weighted by Crippen LogP contribution is 2.22. The number of carbonyl (C=O) groups is 3. The number of imide groups is 1. The second kappa shape index (κ2) is 5.78. The van der Waals surface area contributed by atoms with E-state index in [1.165, 1.54) is 11.3 Å². The van der Waals surface area contributed by atoms with Gasteiger partial charge in [-0.1, -0.05) is 35.6 Å². The standard InChI is InChI=1S/C18H13N3O3S/c1-20-13-8-4-5-9-14(13)25-18(20)19-15(22)10-21-16(23)11-6-2-3-7-12(11)17(21)24/h2-9H,10H2,1H3. The number of fused-ring (bicyclic) bond motifs is 2. The highest BCUT2D eigenvalue weighted by atomic mass is 32.1. The lowest BCUT2D eigenvalue weighted by Gasteiger charge is -2.10. The Labute approximate surface area is 146 Å². The second-order valence-electron chi connectivity index (χ2n) is 5.66. The highest BCUT2D eigenvalue weighted by Gasteiger charge is 2.36. The first-order valence-corrected chi connectivity index (χ1v) is 8.45. The monoisotopic (exact) mass is 351 g/mol. The lowest BCUT2D eigenvalue weighted by molar-refractivity contribution is -0.118. The van der Waals surface area contributed by atoms with Gasteiger partial charge in [0.15, 0.2) is 4.80 Å². The summed E-state index contributed by atoms with van der Waals surface area (Å²) in [4.78, 5) is 42.5. The molecule has 1 aliphatic rings. The Morgan fingerprint density at radius 1 is 1.00 bits per heavy atom. The average Bonchev–Trinajstić information content (AvgIpc) is 3.06. The van der Waals surface area contributed by atoms with Gasteiger partial charge in [0.05, 0.1) is 21.3 Å². The number of aromatic nitrogens is 1. The van der Waals surface area contributed by atoms with Gasteiger partial charge in [-0.05, 0) is 24.3 Å². The van der Waals surface area contributed by atoms with Crippen molar-refractivity contribution in [1.29, 1.82) is 0 Å². The van der Waals surface area contributed by atoms with Gasteiger partial charge in [0.25, 0.3) is 17.7 Å². The fourth-order valence-corrected chi connectivity index (χ4v) is 3.88. The van der Waals surface area contributed by atoms with Crippen molar-refractivity contribution in [2.24, 2.45) is 12.0 Å². The van der Waals surface area contributed by atoms with Crippen molar-refractivity contribution < 1.29 is 14.4 Å². The summed E-state index contributed by atoms with van der Waals surface area (Å²) in [6, 6.07) is 14.3. The zero-order valence-electron chi connectivity index (χ0n) is 13.3. The molecule has 3 amide bonds. The summed E-state index contributed by atoms with van der Waals surface area (Å²) in [5, 5.41) is 0. The van der Waals surface area contributed by atoms with E-state index in [-0.39, 0.29) is 6.54 Å². The van der Waals surface area contributed by atoms with Crippen LogP contribution >= 0.6 is 11.3 Å². The van der Waals surface area contributed by atoms with Crippen molar-refractivity contribution in [2.75, 3.05) is 6.54 Å². The van der Waals surface area contributed by atoms with Crippen LogP contribution in [-0.2, 0) is 11.8 Å². The maximum absolute atomic E-state index is 12.3. The van der Waals surface area contributed by atoms with Gasteiger partial charge in [-0.25, -0.2) is 0 Å². The van der Waals surface area contributed by atoms with E-state index in [0.29, 0.717) is 15.9 Å².